The second-order valence-corrected chi connectivity index (χ2v) is 5.35. The van der Waals surface area contributed by atoms with Crippen molar-refractivity contribution in [3.05, 3.63) is 29.8 Å². The van der Waals surface area contributed by atoms with Gasteiger partial charge in [-0.2, -0.15) is 0 Å². The van der Waals surface area contributed by atoms with E-state index in [9.17, 15) is 0 Å². The predicted octanol–water partition coefficient (Wildman–Crippen LogP) is 1.72. The minimum absolute atomic E-state index is 0.610. The molecule has 1 atom stereocenters. The molecule has 0 saturated carbocycles. The first kappa shape index (κ1) is 13.4. The molecule has 0 amide bonds. The molecular formula is C15H25N3. The smallest absolute Gasteiger partial charge is 0.0364 e. The number of anilines is 1. The maximum absolute atomic E-state index is 3.41. The summed E-state index contributed by atoms with van der Waals surface area (Å²) in [6.07, 6.45) is 0. The monoisotopic (exact) mass is 247 g/mol. The van der Waals surface area contributed by atoms with E-state index >= 15 is 0 Å². The molecular weight excluding hydrogens is 222 g/mol. The van der Waals surface area contributed by atoms with Gasteiger partial charge in [0.1, 0.15) is 0 Å². The summed E-state index contributed by atoms with van der Waals surface area (Å²) in [5.74, 6) is 0. The SMILES string of the molecule is Cc1ccc(N(C)CC(C)N2CCNCC2)cc1. The highest BCUT2D eigenvalue weighted by Crippen LogP contribution is 2.14. The second-order valence-electron chi connectivity index (χ2n) is 5.35. The molecule has 1 N–H and O–H groups in total. The van der Waals surface area contributed by atoms with Gasteiger partial charge < -0.3 is 10.2 Å². The van der Waals surface area contributed by atoms with Gasteiger partial charge in [0, 0.05) is 51.5 Å². The highest BCUT2D eigenvalue weighted by atomic mass is 15.2. The van der Waals surface area contributed by atoms with Gasteiger partial charge in [0.05, 0.1) is 0 Å². The Bertz CT molecular complexity index is 355. The summed E-state index contributed by atoms with van der Waals surface area (Å²) in [6, 6.07) is 9.39. The van der Waals surface area contributed by atoms with Crippen LogP contribution in [0.2, 0.25) is 0 Å². The number of rotatable bonds is 4. The van der Waals surface area contributed by atoms with Crippen molar-refractivity contribution in [2.45, 2.75) is 19.9 Å². The molecule has 0 aliphatic carbocycles. The minimum atomic E-state index is 0.610. The molecule has 1 unspecified atom stereocenters. The molecule has 1 heterocycles. The van der Waals surface area contributed by atoms with E-state index in [-0.39, 0.29) is 0 Å². The molecule has 1 fully saturated rings. The van der Waals surface area contributed by atoms with Crippen LogP contribution in [-0.4, -0.2) is 50.7 Å². The Morgan fingerprint density at radius 2 is 1.83 bits per heavy atom. The first-order chi connectivity index (χ1) is 8.66. The van der Waals surface area contributed by atoms with Crippen molar-refractivity contribution in [1.82, 2.24) is 10.2 Å². The van der Waals surface area contributed by atoms with E-state index in [1.807, 2.05) is 0 Å². The van der Waals surface area contributed by atoms with Gasteiger partial charge in [0.15, 0.2) is 0 Å². The van der Waals surface area contributed by atoms with Gasteiger partial charge in [-0.3, -0.25) is 4.90 Å². The Balaban J connectivity index is 1.89. The van der Waals surface area contributed by atoms with E-state index in [1.54, 1.807) is 0 Å². The zero-order chi connectivity index (χ0) is 13.0. The van der Waals surface area contributed by atoms with Gasteiger partial charge in [-0.15, -0.1) is 0 Å². The number of nitrogens with zero attached hydrogens (tertiary/aromatic N) is 2. The Morgan fingerprint density at radius 1 is 1.22 bits per heavy atom. The summed E-state index contributed by atoms with van der Waals surface area (Å²) in [5.41, 5.74) is 2.63. The van der Waals surface area contributed by atoms with E-state index in [4.69, 9.17) is 0 Å². The summed E-state index contributed by atoms with van der Waals surface area (Å²) >= 11 is 0. The van der Waals surface area contributed by atoms with Gasteiger partial charge in [-0.05, 0) is 26.0 Å². The number of benzene rings is 1. The molecule has 0 bridgehead atoms. The number of piperazine rings is 1. The van der Waals surface area contributed by atoms with Crippen molar-refractivity contribution in [2.24, 2.45) is 0 Å². The highest BCUT2D eigenvalue weighted by molar-refractivity contribution is 5.46. The van der Waals surface area contributed by atoms with E-state index in [0.717, 1.165) is 19.6 Å². The Hall–Kier alpha value is -1.06. The molecule has 0 radical (unpaired) electrons. The average molecular weight is 247 g/mol. The summed E-state index contributed by atoms with van der Waals surface area (Å²) in [5, 5.41) is 3.41. The van der Waals surface area contributed by atoms with Crippen LogP contribution in [-0.2, 0) is 0 Å². The van der Waals surface area contributed by atoms with Gasteiger partial charge in [-0.25, -0.2) is 0 Å². The van der Waals surface area contributed by atoms with E-state index in [2.05, 4.69) is 60.3 Å². The molecule has 1 aromatic carbocycles. The van der Waals surface area contributed by atoms with E-state index in [0.29, 0.717) is 6.04 Å². The maximum atomic E-state index is 3.41. The standard InChI is InChI=1S/C15H25N3/c1-13-4-6-15(7-5-13)17(3)12-14(2)18-10-8-16-9-11-18/h4-7,14,16H,8-12H2,1-3H3. The number of likely N-dealkylation sites (N-methyl/N-ethyl adjacent to an activating group) is 1. The van der Waals surface area contributed by atoms with Gasteiger partial charge >= 0.3 is 0 Å². The topological polar surface area (TPSA) is 18.5 Å². The van der Waals surface area contributed by atoms with Crippen molar-refractivity contribution in [1.29, 1.82) is 0 Å². The van der Waals surface area contributed by atoms with Gasteiger partial charge in [-0.1, -0.05) is 17.7 Å². The van der Waals surface area contributed by atoms with E-state index < -0.39 is 0 Å². The minimum Gasteiger partial charge on any atom is -0.373 e. The molecule has 1 aliphatic heterocycles. The lowest BCUT2D eigenvalue weighted by molar-refractivity contribution is 0.187. The molecule has 3 heteroatoms. The average Bonchev–Trinajstić information content (AvgIpc) is 2.40. The third-order valence-corrected chi connectivity index (χ3v) is 3.79. The lowest BCUT2D eigenvalue weighted by Gasteiger charge is -2.35. The van der Waals surface area contributed by atoms with Crippen LogP contribution in [0.25, 0.3) is 0 Å². The van der Waals surface area contributed by atoms with Crippen molar-refractivity contribution in [2.75, 3.05) is 44.7 Å². The predicted molar refractivity (Wildman–Crippen MR) is 78.4 cm³/mol. The lowest BCUT2D eigenvalue weighted by Crippen LogP contribution is -2.50. The van der Waals surface area contributed by atoms with Crippen molar-refractivity contribution in [3.8, 4) is 0 Å². The Morgan fingerprint density at radius 3 is 2.44 bits per heavy atom. The maximum Gasteiger partial charge on any atom is 0.0364 e. The largest absolute Gasteiger partial charge is 0.373 e. The molecule has 1 saturated heterocycles. The molecule has 0 spiro atoms. The summed E-state index contributed by atoms with van der Waals surface area (Å²) in [6.45, 7) is 10.1. The van der Waals surface area contributed by atoms with Crippen molar-refractivity contribution < 1.29 is 0 Å². The summed E-state index contributed by atoms with van der Waals surface area (Å²) in [4.78, 5) is 4.92. The van der Waals surface area contributed by atoms with Crippen LogP contribution in [0, 0.1) is 6.92 Å². The Kier molecular flexibility index (Phi) is 4.61. The molecule has 1 aromatic rings. The lowest BCUT2D eigenvalue weighted by atomic mass is 10.2. The van der Waals surface area contributed by atoms with Crippen LogP contribution in [0.15, 0.2) is 24.3 Å². The number of hydrogen-bond acceptors (Lipinski definition) is 3. The third-order valence-electron chi connectivity index (χ3n) is 3.79. The number of nitrogens with one attached hydrogen (secondary N) is 1. The van der Waals surface area contributed by atoms with Crippen LogP contribution < -0.4 is 10.2 Å². The fraction of sp³-hybridized carbons (Fsp3) is 0.600. The van der Waals surface area contributed by atoms with Crippen molar-refractivity contribution in [3.63, 3.8) is 0 Å². The molecule has 18 heavy (non-hydrogen) atoms. The second kappa shape index (κ2) is 6.21. The van der Waals surface area contributed by atoms with Crippen LogP contribution in [0.4, 0.5) is 5.69 Å². The highest BCUT2D eigenvalue weighted by Gasteiger charge is 2.17. The van der Waals surface area contributed by atoms with Crippen LogP contribution in [0.5, 0.6) is 0 Å². The fourth-order valence-corrected chi connectivity index (χ4v) is 2.54. The zero-order valence-corrected chi connectivity index (χ0v) is 11.8. The molecule has 1 aliphatic rings. The quantitative estimate of drug-likeness (QED) is 0.874. The van der Waals surface area contributed by atoms with Gasteiger partial charge in [0.2, 0.25) is 0 Å². The normalized spacial score (nSPS) is 18.6. The molecule has 100 valence electrons. The first-order valence-electron chi connectivity index (χ1n) is 6.89. The molecule has 0 aromatic heterocycles. The third kappa shape index (κ3) is 3.47. The van der Waals surface area contributed by atoms with Crippen LogP contribution in [0.1, 0.15) is 12.5 Å². The van der Waals surface area contributed by atoms with Crippen molar-refractivity contribution >= 4 is 5.69 Å². The summed E-state index contributed by atoms with van der Waals surface area (Å²) in [7, 11) is 2.18. The van der Waals surface area contributed by atoms with Crippen LogP contribution in [0.3, 0.4) is 0 Å². The first-order valence-corrected chi connectivity index (χ1v) is 6.89. The number of hydrogen-bond donors (Lipinski definition) is 1. The zero-order valence-electron chi connectivity index (χ0n) is 11.8. The summed E-state index contributed by atoms with van der Waals surface area (Å²) < 4.78 is 0. The molecule has 3 nitrogen and oxygen atoms in total. The van der Waals surface area contributed by atoms with Gasteiger partial charge in [0.25, 0.3) is 0 Å². The fourth-order valence-electron chi connectivity index (χ4n) is 2.54. The van der Waals surface area contributed by atoms with E-state index in [1.165, 1.54) is 24.3 Å². The Labute approximate surface area is 111 Å². The van der Waals surface area contributed by atoms with Crippen LogP contribution >= 0.6 is 0 Å². The number of aryl methyl sites for hydroxylation is 1. The molecule has 2 rings (SSSR count).